The van der Waals surface area contributed by atoms with Crippen molar-refractivity contribution in [1.29, 1.82) is 0 Å². The molecule has 0 radical (unpaired) electrons. The van der Waals surface area contributed by atoms with E-state index in [4.69, 9.17) is 37.7 Å². The van der Waals surface area contributed by atoms with Crippen LogP contribution in [0.5, 0.6) is 11.5 Å². The average Bonchev–Trinajstić information content (AvgIpc) is 3.40. The van der Waals surface area contributed by atoms with Gasteiger partial charge >= 0.3 is 6.09 Å². The Balaban J connectivity index is 1.30. The number of ether oxygens (including phenoxy) is 2. The van der Waals surface area contributed by atoms with Crippen LogP contribution in [0.15, 0.2) is 64.8 Å². The number of hydrogen-bond donors (Lipinski definition) is 1. The fourth-order valence-corrected chi connectivity index (χ4v) is 5.99. The molecule has 0 atom stereocenters. The summed E-state index contributed by atoms with van der Waals surface area (Å²) in [7, 11) is 0. The highest BCUT2D eigenvalue weighted by Gasteiger charge is 2.29. The molecule has 4 heterocycles. The number of amides is 1. The Labute approximate surface area is 256 Å². The molecule has 41 heavy (non-hydrogen) atoms. The maximum absolute atomic E-state index is 12.4. The molecule has 214 valence electrons. The second kappa shape index (κ2) is 12.8. The van der Waals surface area contributed by atoms with Gasteiger partial charge in [0.05, 0.1) is 14.9 Å². The third-order valence-electron chi connectivity index (χ3n) is 6.00. The van der Waals surface area contributed by atoms with Gasteiger partial charge in [-0.25, -0.2) is 19.7 Å². The Morgan fingerprint density at radius 2 is 1.85 bits per heavy atom. The second-order valence-corrected chi connectivity index (χ2v) is 12.9. The average molecular weight is 632 g/mol. The molecule has 0 spiro atoms. The van der Waals surface area contributed by atoms with E-state index in [0.29, 0.717) is 45.6 Å². The Kier molecular flexibility index (Phi) is 9.18. The summed E-state index contributed by atoms with van der Waals surface area (Å²) in [5.41, 5.74) is -0.515. The van der Waals surface area contributed by atoms with Gasteiger partial charge in [-0.3, -0.25) is 0 Å². The largest absolute Gasteiger partial charge is 0.453 e. The van der Waals surface area contributed by atoms with Gasteiger partial charge in [0.1, 0.15) is 28.0 Å². The van der Waals surface area contributed by atoms with Crippen molar-refractivity contribution in [3.8, 4) is 11.5 Å². The molecule has 1 N–H and O–H groups in total. The van der Waals surface area contributed by atoms with Crippen molar-refractivity contribution in [1.82, 2.24) is 24.2 Å². The number of hydrogen-bond acceptors (Lipinski definition) is 10. The third kappa shape index (κ3) is 7.79. The molecule has 1 aliphatic heterocycles. The summed E-state index contributed by atoms with van der Waals surface area (Å²) < 4.78 is 16.3. The third-order valence-corrected chi connectivity index (χ3v) is 8.22. The number of piperidine rings is 1. The standard InChI is InChI=1S/C28H28Cl2N6O3S2/c1-28(2,3)39-27(37)36-13-10-17(11-14-36)25-34-26(41-35-25)33-22-15-20(38-24-18(29)7-6-8-19(24)30)21(16-32-22)40-23-9-4-5-12-31-23/h4-9,12,15-17H,10-11,13-14H2,1-3H3,(H,32,33,34,35). The molecule has 5 rings (SSSR count). The lowest BCUT2D eigenvalue weighted by Gasteiger charge is -2.32. The Hall–Kier alpha value is -3.12. The van der Waals surface area contributed by atoms with E-state index in [1.54, 1.807) is 41.6 Å². The van der Waals surface area contributed by atoms with Crippen molar-refractivity contribution < 1.29 is 14.3 Å². The summed E-state index contributed by atoms with van der Waals surface area (Å²) in [5, 5.41) is 5.42. The van der Waals surface area contributed by atoms with Gasteiger partial charge in [-0.1, -0.05) is 47.1 Å². The van der Waals surface area contributed by atoms with Gasteiger partial charge in [0.25, 0.3) is 0 Å². The van der Waals surface area contributed by atoms with Crippen LogP contribution >= 0.6 is 46.5 Å². The number of para-hydroxylation sites is 1. The van der Waals surface area contributed by atoms with E-state index in [1.165, 1.54) is 23.3 Å². The van der Waals surface area contributed by atoms with Gasteiger partial charge in [0.15, 0.2) is 5.75 Å². The first-order valence-corrected chi connectivity index (χ1v) is 15.3. The Morgan fingerprint density at radius 1 is 1.10 bits per heavy atom. The molecule has 0 aliphatic carbocycles. The number of rotatable bonds is 7. The first kappa shape index (κ1) is 29.4. The van der Waals surface area contributed by atoms with Gasteiger partial charge in [0.2, 0.25) is 5.13 Å². The summed E-state index contributed by atoms with van der Waals surface area (Å²) in [6.07, 6.45) is 4.69. The Bertz CT molecular complexity index is 1490. The topological polar surface area (TPSA) is 102 Å². The summed E-state index contributed by atoms with van der Waals surface area (Å²) in [6.45, 7) is 6.81. The lowest BCUT2D eigenvalue weighted by Crippen LogP contribution is -2.41. The molecular weight excluding hydrogens is 603 g/mol. The number of nitrogens with zero attached hydrogens (tertiary/aromatic N) is 5. The number of carbonyl (C=O) groups excluding carboxylic acids is 1. The molecule has 3 aromatic heterocycles. The van der Waals surface area contributed by atoms with Crippen molar-refractivity contribution in [2.45, 2.75) is 55.1 Å². The zero-order valence-corrected chi connectivity index (χ0v) is 25.8. The number of aromatic nitrogens is 4. The molecular formula is C28H28Cl2N6O3S2. The van der Waals surface area contributed by atoms with E-state index in [2.05, 4.69) is 19.7 Å². The van der Waals surface area contributed by atoms with Gasteiger partial charge in [-0.15, -0.1) is 0 Å². The van der Waals surface area contributed by atoms with Crippen LogP contribution in [0.25, 0.3) is 0 Å². The zero-order valence-electron chi connectivity index (χ0n) is 22.6. The van der Waals surface area contributed by atoms with Gasteiger partial charge in [-0.05, 0) is 57.9 Å². The molecule has 13 heteroatoms. The fourth-order valence-electron chi connectivity index (χ4n) is 4.07. The summed E-state index contributed by atoms with van der Waals surface area (Å²) >= 11 is 15.4. The number of likely N-dealkylation sites (tertiary alicyclic amines) is 1. The molecule has 1 saturated heterocycles. The maximum atomic E-state index is 12.4. The lowest BCUT2D eigenvalue weighted by atomic mass is 9.96. The fraction of sp³-hybridized carbons (Fsp3) is 0.321. The lowest BCUT2D eigenvalue weighted by molar-refractivity contribution is 0.0203. The first-order chi connectivity index (χ1) is 19.6. The summed E-state index contributed by atoms with van der Waals surface area (Å²) in [5.74, 6) is 2.30. The van der Waals surface area contributed by atoms with E-state index in [-0.39, 0.29) is 12.0 Å². The van der Waals surface area contributed by atoms with Crippen molar-refractivity contribution in [2.75, 3.05) is 18.4 Å². The highest BCUT2D eigenvalue weighted by atomic mass is 35.5. The van der Waals surface area contributed by atoms with E-state index in [1.807, 2.05) is 39.0 Å². The van der Waals surface area contributed by atoms with Crippen LogP contribution in [-0.2, 0) is 4.74 Å². The van der Waals surface area contributed by atoms with Crippen LogP contribution < -0.4 is 10.1 Å². The number of benzene rings is 1. The molecule has 0 saturated carbocycles. The van der Waals surface area contributed by atoms with Crippen molar-refractivity contribution >= 4 is 63.5 Å². The van der Waals surface area contributed by atoms with Gasteiger partial charge in [-0.2, -0.15) is 4.37 Å². The van der Waals surface area contributed by atoms with Crippen molar-refractivity contribution in [2.24, 2.45) is 0 Å². The molecule has 1 aliphatic rings. The molecule has 1 amide bonds. The van der Waals surface area contributed by atoms with Crippen LogP contribution in [0, 0.1) is 0 Å². The number of pyridine rings is 2. The van der Waals surface area contributed by atoms with Crippen LogP contribution in [0.1, 0.15) is 45.4 Å². The summed E-state index contributed by atoms with van der Waals surface area (Å²) in [4.78, 5) is 28.6. The van der Waals surface area contributed by atoms with E-state index in [9.17, 15) is 4.79 Å². The monoisotopic (exact) mass is 630 g/mol. The number of anilines is 2. The minimum atomic E-state index is -0.515. The van der Waals surface area contributed by atoms with Gasteiger partial charge < -0.3 is 19.7 Å². The first-order valence-electron chi connectivity index (χ1n) is 12.9. The van der Waals surface area contributed by atoms with E-state index < -0.39 is 5.60 Å². The quantitative estimate of drug-likeness (QED) is 0.215. The van der Waals surface area contributed by atoms with Crippen molar-refractivity contribution in [3.05, 3.63) is 70.7 Å². The predicted octanol–water partition coefficient (Wildman–Crippen LogP) is 8.44. The summed E-state index contributed by atoms with van der Waals surface area (Å²) in [6, 6.07) is 12.6. The van der Waals surface area contributed by atoms with Crippen LogP contribution in [-0.4, -0.2) is 49.0 Å². The number of nitrogens with one attached hydrogen (secondary N) is 1. The minimum absolute atomic E-state index is 0.159. The molecule has 4 aromatic rings. The highest BCUT2D eigenvalue weighted by molar-refractivity contribution is 7.99. The Morgan fingerprint density at radius 3 is 2.54 bits per heavy atom. The normalized spacial score (nSPS) is 14.1. The second-order valence-electron chi connectivity index (χ2n) is 10.3. The molecule has 1 fully saturated rings. The number of carbonyl (C=O) groups is 1. The molecule has 1 aromatic carbocycles. The van der Waals surface area contributed by atoms with Crippen molar-refractivity contribution in [3.63, 3.8) is 0 Å². The minimum Gasteiger partial charge on any atom is -0.453 e. The number of halogens is 2. The van der Waals surface area contributed by atoms with Crippen LogP contribution in [0.3, 0.4) is 0 Å². The molecule has 9 nitrogen and oxygen atoms in total. The van der Waals surface area contributed by atoms with E-state index in [0.717, 1.165) is 28.6 Å². The maximum Gasteiger partial charge on any atom is 0.410 e. The van der Waals surface area contributed by atoms with Crippen LogP contribution in [0.2, 0.25) is 10.0 Å². The van der Waals surface area contributed by atoms with E-state index >= 15 is 0 Å². The molecule has 0 unspecified atom stereocenters. The SMILES string of the molecule is CC(C)(C)OC(=O)N1CCC(c2nsc(Nc3cc(Oc4c(Cl)cccc4Cl)c(Sc4ccccn4)cn3)n2)CC1. The van der Waals surface area contributed by atoms with Crippen LogP contribution in [0.4, 0.5) is 15.7 Å². The molecule has 0 bridgehead atoms. The zero-order chi connectivity index (χ0) is 29.0. The highest BCUT2D eigenvalue weighted by Crippen LogP contribution is 2.42. The predicted molar refractivity (Wildman–Crippen MR) is 162 cm³/mol. The smallest absolute Gasteiger partial charge is 0.410 e. The van der Waals surface area contributed by atoms with Gasteiger partial charge in [0, 0.05) is 49.0 Å².